The number of rotatable bonds is 5. The van der Waals surface area contributed by atoms with E-state index in [1.165, 1.54) is 27.3 Å². The highest BCUT2D eigenvalue weighted by atomic mass is 16.3. The number of fused-ring (bicyclic) bond motifs is 2. The zero-order valence-electron chi connectivity index (χ0n) is 16.8. The lowest BCUT2D eigenvalue weighted by atomic mass is 9.91. The summed E-state index contributed by atoms with van der Waals surface area (Å²) in [5.41, 5.74) is 4.64. The van der Waals surface area contributed by atoms with Gasteiger partial charge in [0.15, 0.2) is 0 Å². The Hall–Kier alpha value is -2.71. The van der Waals surface area contributed by atoms with Crippen LogP contribution in [0.4, 0.5) is 0 Å². The molecule has 2 nitrogen and oxygen atoms in total. The molecule has 1 aromatic heterocycles. The molecule has 142 valence electrons. The van der Waals surface area contributed by atoms with E-state index in [-0.39, 0.29) is 0 Å². The van der Waals surface area contributed by atoms with E-state index in [0.717, 1.165) is 23.1 Å². The summed E-state index contributed by atoms with van der Waals surface area (Å²) >= 11 is 0. The third-order valence-electron chi connectivity index (χ3n) is 5.27. The van der Waals surface area contributed by atoms with Gasteiger partial charge in [-0.05, 0) is 59.0 Å². The number of hydrogen-bond donors (Lipinski definition) is 1. The summed E-state index contributed by atoms with van der Waals surface area (Å²) in [5.74, 6) is 0.636. The molecule has 0 aliphatic rings. The number of aliphatic hydroxyl groups excluding tert-OH is 1. The maximum atomic E-state index is 10.1. The first-order chi connectivity index (χ1) is 13.5. The molecule has 1 atom stereocenters. The first kappa shape index (κ1) is 18.6. The van der Waals surface area contributed by atoms with Gasteiger partial charge in [0.25, 0.3) is 0 Å². The molecule has 0 spiro atoms. The molecule has 0 fully saturated rings. The lowest BCUT2D eigenvalue weighted by molar-refractivity contribution is 0.196. The molecule has 0 saturated heterocycles. The van der Waals surface area contributed by atoms with Gasteiger partial charge in [-0.25, -0.2) is 0 Å². The van der Waals surface area contributed by atoms with Crippen LogP contribution in [0, 0.1) is 5.92 Å². The van der Waals surface area contributed by atoms with E-state index in [2.05, 4.69) is 74.5 Å². The first-order valence-electron chi connectivity index (χ1n) is 10.1. The second-order valence-electron chi connectivity index (χ2n) is 8.18. The Kier molecular flexibility index (Phi) is 5.15. The molecule has 4 rings (SSSR count). The fraction of sp³-hybridized carbons (Fsp3) is 0.269. The van der Waals surface area contributed by atoms with Gasteiger partial charge < -0.3 is 5.11 Å². The highest BCUT2D eigenvalue weighted by Crippen LogP contribution is 2.34. The molecule has 0 bridgehead atoms. The molecule has 0 amide bonds. The van der Waals surface area contributed by atoms with E-state index >= 15 is 0 Å². The first-order valence-corrected chi connectivity index (χ1v) is 10.1. The van der Waals surface area contributed by atoms with Crippen molar-refractivity contribution in [3.63, 3.8) is 0 Å². The fourth-order valence-electron chi connectivity index (χ4n) is 4.11. The largest absolute Gasteiger partial charge is 0.393 e. The van der Waals surface area contributed by atoms with Crippen LogP contribution in [0.5, 0.6) is 0 Å². The lowest BCUT2D eigenvalue weighted by Gasteiger charge is -2.16. The van der Waals surface area contributed by atoms with Gasteiger partial charge in [-0.15, -0.1) is 0 Å². The van der Waals surface area contributed by atoms with Crippen LogP contribution >= 0.6 is 0 Å². The predicted octanol–water partition coefficient (Wildman–Crippen LogP) is 6.18. The van der Waals surface area contributed by atoms with Crippen LogP contribution in [0.3, 0.4) is 0 Å². The minimum absolute atomic E-state index is 0.405. The average Bonchev–Trinajstić information content (AvgIpc) is 2.67. The third-order valence-corrected chi connectivity index (χ3v) is 5.27. The minimum atomic E-state index is -0.405. The van der Waals surface area contributed by atoms with Gasteiger partial charge in [-0.3, -0.25) is 4.98 Å². The van der Waals surface area contributed by atoms with Crippen molar-refractivity contribution in [3.05, 3.63) is 78.0 Å². The summed E-state index contributed by atoms with van der Waals surface area (Å²) in [5, 5.41) is 14.9. The van der Waals surface area contributed by atoms with Crippen molar-refractivity contribution in [2.75, 3.05) is 0 Å². The van der Waals surface area contributed by atoms with E-state index in [0.29, 0.717) is 12.3 Å². The van der Waals surface area contributed by atoms with Crippen LogP contribution in [-0.4, -0.2) is 16.2 Å². The molecular formula is C26H27NO. The van der Waals surface area contributed by atoms with Crippen molar-refractivity contribution in [3.8, 4) is 11.3 Å². The van der Waals surface area contributed by atoms with Gasteiger partial charge in [-0.1, -0.05) is 68.4 Å². The fourth-order valence-corrected chi connectivity index (χ4v) is 4.11. The van der Waals surface area contributed by atoms with E-state index in [1.807, 2.05) is 13.1 Å². The van der Waals surface area contributed by atoms with Gasteiger partial charge in [-0.2, -0.15) is 0 Å². The SMILES string of the molecule is CC(C)Cc1ccc2c(-c3ccc4ccccc4c3CC(C)O)nccc2c1. The molecule has 0 saturated carbocycles. The third kappa shape index (κ3) is 3.65. The van der Waals surface area contributed by atoms with Crippen LogP contribution in [0.25, 0.3) is 32.8 Å². The highest BCUT2D eigenvalue weighted by molar-refractivity contribution is 5.99. The monoisotopic (exact) mass is 369 g/mol. The number of hydrogen-bond acceptors (Lipinski definition) is 2. The number of pyridine rings is 1. The van der Waals surface area contributed by atoms with Crippen LogP contribution in [0.15, 0.2) is 66.9 Å². The zero-order valence-corrected chi connectivity index (χ0v) is 16.8. The van der Waals surface area contributed by atoms with Crippen LogP contribution in [0.1, 0.15) is 31.9 Å². The van der Waals surface area contributed by atoms with Crippen molar-refractivity contribution in [1.82, 2.24) is 4.98 Å². The van der Waals surface area contributed by atoms with E-state index < -0.39 is 6.10 Å². The summed E-state index contributed by atoms with van der Waals surface area (Å²) in [7, 11) is 0. The number of aliphatic hydroxyl groups is 1. The van der Waals surface area contributed by atoms with Crippen molar-refractivity contribution in [2.45, 2.75) is 39.7 Å². The summed E-state index contributed by atoms with van der Waals surface area (Å²) < 4.78 is 0. The topological polar surface area (TPSA) is 33.1 Å². The molecule has 3 aromatic carbocycles. The quantitative estimate of drug-likeness (QED) is 0.456. The van der Waals surface area contributed by atoms with Crippen LogP contribution in [0.2, 0.25) is 0 Å². The van der Waals surface area contributed by atoms with Gasteiger partial charge in [0.05, 0.1) is 11.8 Å². The molecule has 1 unspecified atom stereocenters. The number of nitrogens with zero attached hydrogens (tertiary/aromatic N) is 1. The van der Waals surface area contributed by atoms with Crippen molar-refractivity contribution >= 4 is 21.5 Å². The number of benzene rings is 3. The Labute approximate surface area is 166 Å². The molecule has 0 aliphatic heterocycles. The van der Waals surface area contributed by atoms with E-state index in [4.69, 9.17) is 4.98 Å². The molecule has 1 heterocycles. The van der Waals surface area contributed by atoms with Gasteiger partial charge in [0, 0.05) is 17.1 Å². The molecule has 4 aromatic rings. The maximum Gasteiger partial charge on any atom is 0.0783 e. The molecule has 1 N–H and O–H groups in total. The van der Waals surface area contributed by atoms with Crippen LogP contribution < -0.4 is 0 Å². The lowest BCUT2D eigenvalue weighted by Crippen LogP contribution is -2.06. The average molecular weight is 370 g/mol. The van der Waals surface area contributed by atoms with Crippen molar-refractivity contribution in [1.29, 1.82) is 0 Å². The normalized spacial score (nSPS) is 12.8. The highest BCUT2D eigenvalue weighted by Gasteiger charge is 2.15. The van der Waals surface area contributed by atoms with Crippen molar-refractivity contribution < 1.29 is 5.11 Å². The Morgan fingerprint density at radius 2 is 1.64 bits per heavy atom. The summed E-state index contributed by atoms with van der Waals surface area (Å²) in [4.78, 5) is 4.76. The van der Waals surface area contributed by atoms with Crippen LogP contribution in [-0.2, 0) is 12.8 Å². The summed E-state index contributed by atoms with van der Waals surface area (Å²) in [6.07, 6.45) is 3.19. The Morgan fingerprint density at radius 3 is 2.43 bits per heavy atom. The molecule has 0 radical (unpaired) electrons. The Balaban J connectivity index is 1.93. The summed E-state index contributed by atoms with van der Waals surface area (Å²) in [6.45, 7) is 6.35. The Bertz CT molecular complexity index is 1130. The predicted molar refractivity (Wildman–Crippen MR) is 119 cm³/mol. The van der Waals surface area contributed by atoms with Gasteiger partial charge >= 0.3 is 0 Å². The molecular weight excluding hydrogens is 342 g/mol. The second-order valence-corrected chi connectivity index (χ2v) is 8.18. The number of aromatic nitrogens is 1. The Morgan fingerprint density at radius 1 is 0.821 bits per heavy atom. The molecule has 0 aliphatic carbocycles. The minimum Gasteiger partial charge on any atom is -0.393 e. The summed E-state index contributed by atoms with van der Waals surface area (Å²) in [6, 6.07) is 21.5. The van der Waals surface area contributed by atoms with Gasteiger partial charge in [0.2, 0.25) is 0 Å². The smallest absolute Gasteiger partial charge is 0.0783 e. The maximum absolute atomic E-state index is 10.1. The zero-order chi connectivity index (χ0) is 19.7. The standard InChI is InChI=1S/C26H27NO/c1-17(2)14-19-8-10-23-21(16-19)12-13-27-26(23)24-11-9-20-6-4-5-7-22(20)25(24)15-18(3)28/h4-13,16-18,28H,14-15H2,1-3H3. The van der Waals surface area contributed by atoms with Crippen molar-refractivity contribution in [2.24, 2.45) is 5.92 Å². The second kappa shape index (κ2) is 7.73. The van der Waals surface area contributed by atoms with E-state index in [1.54, 1.807) is 0 Å². The molecule has 28 heavy (non-hydrogen) atoms. The van der Waals surface area contributed by atoms with E-state index in [9.17, 15) is 5.11 Å². The van der Waals surface area contributed by atoms with Gasteiger partial charge in [0.1, 0.15) is 0 Å². The molecule has 2 heteroatoms.